The molecular formula is C19H16N7O3S2+. The predicted molar refractivity (Wildman–Crippen MR) is 122 cm³/mol. The van der Waals surface area contributed by atoms with Crippen LogP contribution >= 0.6 is 24.0 Å². The predicted octanol–water partition coefficient (Wildman–Crippen LogP) is 3.94. The first kappa shape index (κ1) is 20.8. The molecule has 0 bridgehead atoms. The lowest BCUT2D eigenvalue weighted by molar-refractivity contribution is -0.385. The molecule has 0 saturated heterocycles. The molecule has 2 aliphatic rings. The summed E-state index contributed by atoms with van der Waals surface area (Å²) in [6.45, 7) is 3.45. The van der Waals surface area contributed by atoms with Gasteiger partial charge in [-0.25, -0.2) is 0 Å². The van der Waals surface area contributed by atoms with Crippen molar-refractivity contribution < 1.29 is 14.4 Å². The molecule has 2 N–H and O–H groups in total. The monoisotopic (exact) mass is 454 g/mol. The highest BCUT2D eigenvalue weighted by Crippen LogP contribution is 2.39. The number of aryl methyl sites for hydroxylation is 1. The van der Waals surface area contributed by atoms with E-state index < -0.39 is 10.8 Å². The molecule has 1 unspecified atom stereocenters. The van der Waals surface area contributed by atoms with Crippen molar-refractivity contribution in [3.63, 3.8) is 0 Å². The fourth-order valence-electron chi connectivity index (χ4n) is 2.96. The Labute approximate surface area is 186 Å². The topological polar surface area (TPSA) is 124 Å². The second-order valence-electron chi connectivity index (χ2n) is 6.72. The van der Waals surface area contributed by atoms with Gasteiger partial charge in [-0.05, 0) is 54.7 Å². The van der Waals surface area contributed by atoms with Crippen LogP contribution in [0.2, 0.25) is 0 Å². The minimum absolute atomic E-state index is 0.0781. The van der Waals surface area contributed by atoms with E-state index in [4.69, 9.17) is 12.2 Å². The van der Waals surface area contributed by atoms with Gasteiger partial charge in [0.2, 0.25) is 0 Å². The maximum Gasteiger partial charge on any atom is 0.367 e. The standard InChI is InChI=1S/C19H15N7O3S2/c1-10-6-7-12(9-15(10)26(28)29)16(27)21-18(30)20-14-5-3-4-13(8-14)17-24-25-11(2)22-23-19(25)31-17/h3-9,17H,1-2H3,(H-,20,21,27,30)/p+1. The van der Waals surface area contributed by atoms with E-state index in [1.54, 1.807) is 11.6 Å². The van der Waals surface area contributed by atoms with Gasteiger partial charge < -0.3 is 5.32 Å². The van der Waals surface area contributed by atoms with Crippen LogP contribution in [0.25, 0.3) is 0 Å². The third-order valence-electron chi connectivity index (χ3n) is 4.53. The number of nitro benzene ring substituents is 1. The van der Waals surface area contributed by atoms with E-state index in [9.17, 15) is 14.9 Å². The molecule has 0 saturated carbocycles. The summed E-state index contributed by atoms with van der Waals surface area (Å²) in [6.07, 6.45) is 0. The molecule has 1 amide bonds. The SMILES string of the molecule is CC1=NN=C2SC(c3cccc(NC(=S)NC(=O)c4ccc(C)c([N+](=O)[O-])c4)c3)N=[N+]12. The number of amides is 1. The summed E-state index contributed by atoms with van der Waals surface area (Å²) < 4.78 is 1.71. The molecule has 0 spiro atoms. The highest BCUT2D eigenvalue weighted by molar-refractivity contribution is 8.13. The van der Waals surface area contributed by atoms with E-state index in [1.165, 1.54) is 30.0 Å². The summed E-state index contributed by atoms with van der Waals surface area (Å²) in [5, 5.41) is 29.9. The largest absolute Gasteiger partial charge is 0.367 e. The number of thiocarbonyl (C=S) groups is 1. The number of nitrogens with zero attached hydrogens (tertiary/aromatic N) is 5. The molecule has 2 aromatic carbocycles. The van der Waals surface area contributed by atoms with Crippen LogP contribution in [-0.4, -0.2) is 31.6 Å². The second kappa shape index (κ2) is 8.32. The quantitative estimate of drug-likeness (QED) is 0.312. The Balaban J connectivity index is 1.43. The van der Waals surface area contributed by atoms with E-state index in [0.717, 1.165) is 16.6 Å². The molecule has 2 aliphatic heterocycles. The fourth-order valence-corrected chi connectivity index (χ4v) is 4.16. The Kier molecular flexibility index (Phi) is 5.57. The fraction of sp³-hybridized carbons (Fsp3) is 0.158. The zero-order valence-electron chi connectivity index (χ0n) is 16.4. The second-order valence-corrected chi connectivity index (χ2v) is 8.17. The number of nitro groups is 1. The number of azo groups is 2. The number of rotatable bonds is 4. The van der Waals surface area contributed by atoms with Crippen LogP contribution in [0.1, 0.15) is 33.8 Å². The van der Waals surface area contributed by atoms with Gasteiger partial charge in [0.15, 0.2) is 10.5 Å². The minimum atomic E-state index is -0.536. The van der Waals surface area contributed by atoms with Crippen LogP contribution in [0, 0.1) is 17.0 Å². The van der Waals surface area contributed by atoms with E-state index in [-0.39, 0.29) is 21.7 Å². The number of hydrogen-bond donors (Lipinski definition) is 2. The number of hydrogen-bond acceptors (Lipinski definition) is 8. The number of amidine groups is 2. The molecule has 0 aromatic heterocycles. The lowest BCUT2D eigenvalue weighted by Crippen LogP contribution is -2.34. The van der Waals surface area contributed by atoms with E-state index in [2.05, 4.69) is 26.0 Å². The third-order valence-corrected chi connectivity index (χ3v) is 5.79. The van der Waals surface area contributed by atoms with E-state index >= 15 is 0 Å². The van der Waals surface area contributed by atoms with Gasteiger partial charge in [0.1, 0.15) is 0 Å². The van der Waals surface area contributed by atoms with Crippen molar-refractivity contribution in [3.8, 4) is 0 Å². The zero-order valence-corrected chi connectivity index (χ0v) is 18.0. The molecule has 156 valence electrons. The Hall–Kier alpha value is -3.51. The molecular weight excluding hydrogens is 438 g/mol. The summed E-state index contributed by atoms with van der Waals surface area (Å²) in [4.78, 5) is 23.0. The Bertz CT molecular complexity index is 1220. The van der Waals surface area contributed by atoms with Crippen LogP contribution in [-0.2, 0) is 0 Å². The molecule has 12 heteroatoms. The van der Waals surface area contributed by atoms with Crippen LogP contribution in [0.3, 0.4) is 0 Å². The maximum absolute atomic E-state index is 12.4. The Morgan fingerprint density at radius 1 is 1.23 bits per heavy atom. The van der Waals surface area contributed by atoms with Crippen molar-refractivity contribution in [2.24, 2.45) is 15.3 Å². The highest BCUT2D eigenvalue weighted by Gasteiger charge is 2.38. The summed E-state index contributed by atoms with van der Waals surface area (Å²) in [7, 11) is 0. The smallest absolute Gasteiger partial charge is 0.332 e. The first-order chi connectivity index (χ1) is 14.8. The molecule has 0 aliphatic carbocycles. The van der Waals surface area contributed by atoms with Crippen molar-refractivity contribution >= 4 is 57.4 Å². The van der Waals surface area contributed by atoms with Crippen molar-refractivity contribution in [1.29, 1.82) is 0 Å². The average Bonchev–Trinajstić information content (AvgIpc) is 3.30. The molecule has 4 rings (SSSR count). The lowest BCUT2D eigenvalue weighted by Gasteiger charge is -2.11. The van der Waals surface area contributed by atoms with E-state index in [1.807, 2.05) is 31.2 Å². The normalized spacial score (nSPS) is 16.7. The number of fused-ring (bicyclic) bond motifs is 1. The Morgan fingerprint density at radius 2 is 2.03 bits per heavy atom. The number of anilines is 1. The van der Waals surface area contributed by atoms with Crippen molar-refractivity contribution in [2.45, 2.75) is 19.2 Å². The van der Waals surface area contributed by atoms with Gasteiger partial charge in [0.25, 0.3) is 11.6 Å². The lowest BCUT2D eigenvalue weighted by atomic mass is 10.1. The number of carbonyl (C=O) groups is 1. The molecule has 31 heavy (non-hydrogen) atoms. The van der Waals surface area contributed by atoms with Gasteiger partial charge in [-0.2, -0.15) is 0 Å². The average molecular weight is 455 g/mol. The number of nitrogens with one attached hydrogen (secondary N) is 2. The van der Waals surface area contributed by atoms with E-state index in [0.29, 0.717) is 11.3 Å². The molecule has 0 fully saturated rings. The number of thioether (sulfide) groups is 1. The van der Waals surface area contributed by atoms with Crippen LogP contribution in [0.5, 0.6) is 0 Å². The van der Waals surface area contributed by atoms with Gasteiger partial charge in [-0.15, -0.1) is 5.11 Å². The summed E-state index contributed by atoms with van der Waals surface area (Å²) >= 11 is 6.72. The van der Waals surface area contributed by atoms with Crippen molar-refractivity contribution in [1.82, 2.24) is 5.32 Å². The maximum atomic E-state index is 12.4. The summed E-state index contributed by atoms with van der Waals surface area (Å²) in [5.41, 5.74) is 2.11. The Morgan fingerprint density at radius 3 is 2.77 bits per heavy atom. The molecule has 10 nitrogen and oxygen atoms in total. The van der Waals surface area contributed by atoms with Gasteiger partial charge >= 0.3 is 11.0 Å². The third kappa shape index (κ3) is 4.34. The summed E-state index contributed by atoms with van der Waals surface area (Å²) in [6, 6.07) is 11.8. The number of benzene rings is 2. The van der Waals surface area contributed by atoms with Gasteiger partial charge in [-0.3, -0.25) is 20.2 Å². The zero-order chi connectivity index (χ0) is 22.1. The first-order valence-electron chi connectivity index (χ1n) is 9.09. The van der Waals surface area contributed by atoms with Gasteiger partial charge in [-0.1, -0.05) is 22.9 Å². The van der Waals surface area contributed by atoms with Crippen LogP contribution < -0.4 is 10.6 Å². The van der Waals surface area contributed by atoms with Crippen molar-refractivity contribution in [2.75, 3.05) is 5.32 Å². The number of carbonyl (C=O) groups excluding carboxylic acids is 1. The van der Waals surface area contributed by atoms with Crippen molar-refractivity contribution in [3.05, 3.63) is 69.3 Å². The van der Waals surface area contributed by atoms with Gasteiger partial charge in [0.05, 0.1) is 15.1 Å². The van der Waals surface area contributed by atoms with Crippen LogP contribution in [0.4, 0.5) is 11.4 Å². The summed E-state index contributed by atoms with van der Waals surface area (Å²) in [5.74, 6) is 0.186. The molecule has 2 aromatic rings. The first-order valence-corrected chi connectivity index (χ1v) is 10.4. The highest BCUT2D eigenvalue weighted by atomic mass is 32.2. The van der Waals surface area contributed by atoms with Gasteiger partial charge in [0, 0.05) is 29.8 Å². The molecule has 2 heterocycles. The molecule has 0 radical (unpaired) electrons. The molecule has 1 atom stereocenters. The minimum Gasteiger partial charge on any atom is -0.332 e. The van der Waals surface area contributed by atoms with Crippen LogP contribution in [0.15, 0.2) is 57.8 Å².